The molecule has 0 aromatic heterocycles. The summed E-state index contributed by atoms with van der Waals surface area (Å²) >= 11 is 3.81. The summed E-state index contributed by atoms with van der Waals surface area (Å²) < 4.78 is 0. The van der Waals surface area contributed by atoms with Crippen LogP contribution in [0.3, 0.4) is 0 Å². The normalized spacial score (nSPS) is 17.1. The van der Waals surface area contributed by atoms with Crippen molar-refractivity contribution in [2.24, 2.45) is 0 Å². The van der Waals surface area contributed by atoms with E-state index in [1.165, 1.54) is 0 Å². The number of aliphatic hydroxyl groups is 1. The van der Waals surface area contributed by atoms with E-state index in [1.54, 1.807) is 6.92 Å². The molecule has 7 heavy (non-hydrogen) atoms. The molecule has 1 nitrogen and oxygen atoms in total. The molecular formula is C4H10KOS. The molecular weight excluding hydrogens is 135 g/mol. The van der Waals surface area contributed by atoms with Gasteiger partial charge in [-0.2, -0.15) is 0 Å². The predicted octanol–water partition coefficient (Wildman–Crippen LogP) is 0.654. The van der Waals surface area contributed by atoms with E-state index in [0.29, 0.717) is 6.42 Å². The van der Waals surface area contributed by atoms with Gasteiger partial charge in [-0.15, -0.1) is 12.6 Å². The molecule has 1 N–H and O–H groups in total. The summed E-state index contributed by atoms with van der Waals surface area (Å²) in [6, 6.07) is 0. The number of hydrogen-bond acceptors (Lipinski definition) is 2. The average Bonchev–Trinajstić information content (AvgIpc) is 1.35. The Morgan fingerprint density at radius 2 is 1.86 bits per heavy atom. The van der Waals surface area contributed by atoms with Gasteiger partial charge < -0.3 is 5.11 Å². The average molecular weight is 145 g/mol. The Bertz CT molecular complexity index is 41.4. The van der Waals surface area contributed by atoms with Crippen LogP contribution < -0.4 is 0 Å². The topological polar surface area (TPSA) is 20.2 Å². The third-order valence-electron chi connectivity index (χ3n) is 0.670. The van der Waals surface area contributed by atoms with Crippen LogP contribution in [0.2, 0.25) is 0 Å². The Hall–Kier alpha value is 1.95. The maximum atomic E-state index is 8.69. The van der Waals surface area contributed by atoms with Crippen molar-refractivity contribution < 1.29 is 5.11 Å². The van der Waals surface area contributed by atoms with Crippen LogP contribution in [0, 0.1) is 0 Å². The molecule has 0 aromatic rings. The van der Waals surface area contributed by atoms with Gasteiger partial charge in [0.1, 0.15) is 4.93 Å². The fraction of sp³-hybridized carbons (Fsp3) is 1.00. The third kappa shape index (κ3) is 11.5. The fourth-order valence-corrected chi connectivity index (χ4v) is 0. The third-order valence-corrected chi connectivity index (χ3v) is 0.986. The largest absolute Gasteiger partial charge is 0.380 e. The molecule has 0 amide bonds. The van der Waals surface area contributed by atoms with E-state index in [0.717, 1.165) is 0 Å². The molecule has 0 rings (SSSR count). The van der Waals surface area contributed by atoms with Gasteiger partial charge in [-0.05, 0) is 13.3 Å². The van der Waals surface area contributed by atoms with Crippen molar-refractivity contribution in [2.75, 3.05) is 0 Å². The quantitative estimate of drug-likeness (QED) is 0.315. The van der Waals surface area contributed by atoms with Crippen molar-refractivity contribution in [1.82, 2.24) is 0 Å². The summed E-state index contributed by atoms with van der Waals surface area (Å²) in [5.74, 6) is 0. The van der Waals surface area contributed by atoms with Crippen LogP contribution in [-0.4, -0.2) is 61.4 Å². The van der Waals surface area contributed by atoms with Gasteiger partial charge in [-0.3, -0.25) is 0 Å². The molecule has 0 fully saturated rings. The van der Waals surface area contributed by atoms with Crippen molar-refractivity contribution in [2.45, 2.75) is 25.2 Å². The van der Waals surface area contributed by atoms with Gasteiger partial charge in [0, 0.05) is 51.4 Å². The minimum Gasteiger partial charge on any atom is -0.380 e. The van der Waals surface area contributed by atoms with Gasteiger partial charge in [-0.1, -0.05) is 6.92 Å². The molecule has 1 unspecified atom stereocenters. The Morgan fingerprint density at radius 1 is 1.71 bits per heavy atom. The fourth-order valence-electron chi connectivity index (χ4n) is 0. The van der Waals surface area contributed by atoms with E-state index in [1.807, 2.05) is 6.92 Å². The summed E-state index contributed by atoms with van der Waals surface area (Å²) in [5, 5.41) is 8.69. The summed E-state index contributed by atoms with van der Waals surface area (Å²) in [7, 11) is 0. The van der Waals surface area contributed by atoms with Crippen molar-refractivity contribution >= 4 is 64.0 Å². The molecule has 0 aromatic carbocycles. The first kappa shape index (κ1) is 11.7. The minimum absolute atomic E-state index is 0. The van der Waals surface area contributed by atoms with Crippen LogP contribution in [0.1, 0.15) is 20.3 Å². The van der Waals surface area contributed by atoms with Crippen LogP contribution >= 0.6 is 12.6 Å². The first-order chi connectivity index (χ1) is 2.56. The first-order valence-electron chi connectivity index (χ1n) is 2.01. The Labute approximate surface area is 92.7 Å². The van der Waals surface area contributed by atoms with Gasteiger partial charge in [0.2, 0.25) is 0 Å². The van der Waals surface area contributed by atoms with Gasteiger partial charge in [0.25, 0.3) is 0 Å². The van der Waals surface area contributed by atoms with Crippen molar-refractivity contribution in [3.63, 3.8) is 0 Å². The molecule has 0 aliphatic rings. The zero-order chi connectivity index (χ0) is 5.21. The van der Waals surface area contributed by atoms with Gasteiger partial charge >= 0.3 is 0 Å². The molecule has 1 radical (unpaired) electrons. The van der Waals surface area contributed by atoms with E-state index in [-0.39, 0.29) is 51.4 Å². The van der Waals surface area contributed by atoms with Gasteiger partial charge in [0.15, 0.2) is 0 Å². The van der Waals surface area contributed by atoms with E-state index < -0.39 is 4.93 Å². The van der Waals surface area contributed by atoms with Crippen LogP contribution in [-0.2, 0) is 0 Å². The monoisotopic (exact) mass is 145 g/mol. The maximum Gasteiger partial charge on any atom is 0.104 e. The second-order valence-electron chi connectivity index (χ2n) is 1.57. The van der Waals surface area contributed by atoms with Crippen LogP contribution in [0.25, 0.3) is 0 Å². The second kappa shape index (κ2) is 4.79. The molecule has 39 valence electrons. The number of rotatable bonds is 1. The Morgan fingerprint density at radius 3 is 1.86 bits per heavy atom. The summed E-state index contributed by atoms with van der Waals surface area (Å²) in [5.41, 5.74) is 0. The van der Waals surface area contributed by atoms with Crippen LogP contribution in [0.5, 0.6) is 0 Å². The number of hydrogen-bond donors (Lipinski definition) is 2. The molecule has 0 saturated heterocycles. The Kier molecular flexibility index (Phi) is 8.01. The molecule has 3 heteroatoms. The van der Waals surface area contributed by atoms with E-state index in [9.17, 15) is 0 Å². The maximum absolute atomic E-state index is 8.69. The molecule has 0 aliphatic carbocycles. The van der Waals surface area contributed by atoms with E-state index >= 15 is 0 Å². The van der Waals surface area contributed by atoms with Crippen LogP contribution in [0.4, 0.5) is 0 Å². The molecule has 0 aliphatic heterocycles. The molecule has 0 bridgehead atoms. The zero-order valence-electron chi connectivity index (χ0n) is 5.10. The van der Waals surface area contributed by atoms with E-state index in [4.69, 9.17) is 5.11 Å². The molecule has 1 atom stereocenters. The summed E-state index contributed by atoms with van der Waals surface area (Å²) in [4.78, 5) is -0.764. The van der Waals surface area contributed by atoms with Crippen molar-refractivity contribution in [1.29, 1.82) is 0 Å². The summed E-state index contributed by atoms with van der Waals surface area (Å²) in [6.45, 7) is 3.54. The zero-order valence-corrected chi connectivity index (χ0v) is 9.12. The van der Waals surface area contributed by atoms with Crippen molar-refractivity contribution in [3.05, 3.63) is 0 Å². The number of thiol groups is 1. The Balaban J connectivity index is 0. The predicted molar refractivity (Wildman–Crippen MR) is 35.7 cm³/mol. The first-order valence-corrected chi connectivity index (χ1v) is 2.46. The van der Waals surface area contributed by atoms with E-state index in [2.05, 4.69) is 12.6 Å². The molecule has 0 saturated carbocycles. The molecule has 0 heterocycles. The van der Waals surface area contributed by atoms with Gasteiger partial charge in [0.05, 0.1) is 0 Å². The smallest absolute Gasteiger partial charge is 0.104 e. The minimum atomic E-state index is -0.764. The van der Waals surface area contributed by atoms with Gasteiger partial charge in [-0.25, -0.2) is 0 Å². The second-order valence-corrected chi connectivity index (χ2v) is 2.53. The summed E-state index contributed by atoms with van der Waals surface area (Å²) in [6.07, 6.45) is 0.691. The standard InChI is InChI=1S/C4H10OS.K/c1-3-4(2,5)6;/h5-6H,3H2,1-2H3;. The van der Waals surface area contributed by atoms with Crippen LogP contribution in [0.15, 0.2) is 0 Å². The SMILES string of the molecule is CCC(C)(O)S.[K]. The van der Waals surface area contributed by atoms with Crippen molar-refractivity contribution in [3.8, 4) is 0 Å². The molecule has 0 spiro atoms.